The van der Waals surface area contributed by atoms with Crippen molar-refractivity contribution in [2.75, 3.05) is 36.4 Å². The van der Waals surface area contributed by atoms with Crippen molar-refractivity contribution in [1.82, 2.24) is 9.97 Å². The molecular formula is C21H22N5O+. The summed E-state index contributed by atoms with van der Waals surface area (Å²) in [4.78, 5) is 21.7. The maximum atomic E-state index is 10.7. The second kappa shape index (κ2) is 7.15. The van der Waals surface area contributed by atoms with E-state index in [-0.39, 0.29) is 0 Å². The topological polar surface area (TPSA) is 61.1 Å². The zero-order chi connectivity index (χ0) is 18.8. The fourth-order valence-electron chi connectivity index (χ4n) is 3.30. The number of nitrogens with one attached hydrogen (secondary N) is 1. The van der Waals surface area contributed by atoms with E-state index in [1.807, 2.05) is 19.2 Å². The van der Waals surface area contributed by atoms with E-state index in [2.05, 4.69) is 49.7 Å². The quantitative estimate of drug-likeness (QED) is 0.673. The summed E-state index contributed by atoms with van der Waals surface area (Å²) in [7, 11) is 0. The Hall–Kier alpha value is -3.28. The minimum Gasteiger partial charge on any atom is -0.358 e. The molecule has 2 aliphatic heterocycles. The molecule has 1 N–H and O–H groups in total. The standard InChI is InChI=1S/C21H22N5O/c1-15-9-20-21(24-16(15)2)10-17(11-23-20)13-25-5-7-26(8-6-25)19-4-3-18(14-27)22-12-19/h3-4,9-14,24H,2,5-8H2,1H3/q+1. The van der Waals surface area contributed by atoms with Gasteiger partial charge in [-0.25, -0.2) is 4.58 Å². The average molecular weight is 360 g/mol. The molecule has 0 bridgehead atoms. The van der Waals surface area contributed by atoms with E-state index in [1.165, 1.54) is 0 Å². The van der Waals surface area contributed by atoms with Gasteiger partial charge in [-0.3, -0.25) is 14.8 Å². The van der Waals surface area contributed by atoms with Gasteiger partial charge in [-0.15, -0.1) is 0 Å². The van der Waals surface area contributed by atoms with Gasteiger partial charge >= 0.3 is 0 Å². The largest absolute Gasteiger partial charge is 0.358 e. The molecule has 0 radical (unpaired) electrons. The Morgan fingerprint density at radius 2 is 2.04 bits per heavy atom. The summed E-state index contributed by atoms with van der Waals surface area (Å²) in [6, 6.07) is 5.83. The number of hydrogen-bond donors (Lipinski definition) is 1. The highest BCUT2D eigenvalue weighted by Gasteiger charge is 2.20. The molecule has 0 aromatic carbocycles. The fraction of sp³-hybridized carbons (Fsp3) is 0.238. The van der Waals surface area contributed by atoms with E-state index in [0.717, 1.165) is 66.4 Å². The van der Waals surface area contributed by atoms with Crippen LogP contribution >= 0.6 is 0 Å². The predicted octanol–water partition coefficient (Wildman–Crippen LogP) is 2.58. The number of carbonyl (C=O) groups excluding carboxylic acids is 1. The molecule has 136 valence electrons. The SMILES string of the molecule is C=C1Nc2cc(C=[N+]3CCN(c4ccc(C=O)nc4)CC3)cnc2C=C1C. The Bertz CT molecular complexity index is 949. The highest BCUT2D eigenvalue weighted by Crippen LogP contribution is 2.26. The average Bonchev–Trinajstić information content (AvgIpc) is 2.70. The number of pyridine rings is 2. The molecule has 6 heteroatoms. The van der Waals surface area contributed by atoms with E-state index in [1.54, 1.807) is 12.3 Å². The molecule has 6 nitrogen and oxygen atoms in total. The minimum atomic E-state index is 0.465. The maximum absolute atomic E-state index is 10.7. The molecular weight excluding hydrogens is 338 g/mol. The number of aromatic nitrogens is 2. The molecule has 2 aliphatic rings. The van der Waals surface area contributed by atoms with Crippen LogP contribution in [-0.2, 0) is 0 Å². The van der Waals surface area contributed by atoms with Crippen molar-refractivity contribution < 1.29 is 9.37 Å². The molecule has 0 spiro atoms. The molecule has 1 fully saturated rings. The van der Waals surface area contributed by atoms with Crippen LogP contribution in [0.15, 0.2) is 48.4 Å². The summed E-state index contributed by atoms with van der Waals surface area (Å²) in [5.74, 6) is 0. The van der Waals surface area contributed by atoms with Crippen molar-refractivity contribution in [2.45, 2.75) is 6.92 Å². The van der Waals surface area contributed by atoms with Gasteiger partial charge < -0.3 is 10.2 Å². The molecule has 0 aliphatic carbocycles. The van der Waals surface area contributed by atoms with Gasteiger partial charge in [0.05, 0.1) is 41.9 Å². The van der Waals surface area contributed by atoms with E-state index in [4.69, 9.17) is 0 Å². The number of piperazine rings is 1. The summed E-state index contributed by atoms with van der Waals surface area (Å²) in [6.45, 7) is 9.72. The predicted molar refractivity (Wildman–Crippen MR) is 108 cm³/mol. The fourth-order valence-corrected chi connectivity index (χ4v) is 3.30. The van der Waals surface area contributed by atoms with E-state index < -0.39 is 0 Å². The number of nitrogens with zero attached hydrogens (tertiary/aromatic N) is 4. The summed E-state index contributed by atoms with van der Waals surface area (Å²) in [5, 5.41) is 3.32. The lowest BCUT2D eigenvalue weighted by molar-refractivity contribution is -0.524. The number of hydrogen-bond acceptors (Lipinski definition) is 5. The molecule has 0 amide bonds. The van der Waals surface area contributed by atoms with Crippen molar-refractivity contribution >= 4 is 30.0 Å². The number of rotatable bonds is 3. The smallest absolute Gasteiger partial charge is 0.172 e. The van der Waals surface area contributed by atoms with Gasteiger partial charge in [0.15, 0.2) is 25.6 Å². The highest BCUT2D eigenvalue weighted by molar-refractivity contribution is 5.82. The molecule has 0 unspecified atom stereocenters. The number of allylic oxidation sites excluding steroid dienone is 1. The van der Waals surface area contributed by atoms with Crippen LogP contribution in [0.2, 0.25) is 0 Å². The number of carbonyl (C=O) groups is 1. The zero-order valence-corrected chi connectivity index (χ0v) is 15.4. The van der Waals surface area contributed by atoms with Gasteiger partial charge in [-0.2, -0.15) is 0 Å². The second-order valence-corrected chi connectivity index (χ2v) is 6.84. The third-order valence-corrected chi connectivity index (χ3v) is 4.96. The summed E-state index contributed by atoms with van der Waals surface area (Å²) in [5.41, 5.74) is 6.58. The summed E-state index contributed by atoms with van der Waals surface area (Å²) in [6.07, 6.45) is 8.66. The molecule has 0 atom stereocenters. The Labute approximate surface area is 158 Å². The van der Waals surface area contributed by atoms with E-state index >= 15 is 0 Å². The molecule has 2 aromatic heterocycles. The first-order valence-electron chi connectivity index (χ1n) is 9.02. The Kier molecular flexibility index (Phi) is 4.54. The van der Waals surface area contributed by atoms with Crippen LogP contribution in [0.1, 0.15) is 28.7 Å². The van der Waals surface area contributed by atoms with Crippen LogP contribution in [0.5, 0.6) is 0 Å². The van der Waals surface area contributed by atoms with Crippen LogP contribution in [0, 0.1) is 0 Å². The van der Waals surface area contributed by atoms with Gasteiger partial charge in [-0.1, -0.05) is 6.58 Å². The lowest BCUT2D eigenvalue weighted by Gasteiger charge is -2.27. The van der Waals surface area contributed by atoms with E-state index in [0.29, 0.717) is 5.69 Å². The number of fused-ring (bicyclic) bond motifs is 1. The Morgan fingerprint density at radius 3 is 2.74 bits per heavy atom. The highest BCUT2D eigenvalue weighted by atomic mass is 16.1. The van der Waals surface area contributed by atoms with Gasteiger partial charge in [-0.05, 0) is 36.8 Å². The number of aldehydes is 1. The first-order valence-corrected chi connectivity index (χ1v) is 9.02. The summed E-state index contributed by atoms with van der Waals surface area (Å²) >= 11 is 0. The third-order valence-electron chi connectivity index (χ3n) is 4.96. The minimum absolute atomic E-state index is 0.465. The van der Waals surface area contributed by atoms with Crippen molar-refractivity contribution in [3.8, 4) is 0 Å². The Morgan fingerprint density at radius 1 is 1.22 bits per heavy atom. The first-order chi connectivity index (χ1) is 13.1. The molecule has 2 aromatic rings. The van der Waals surface area contributed by atoms with E-state index in [9.17, 15) is 4.79 Å². The lowest BCUT2D eigenvalue weighted by atomic mass is 10.1. The first kappa shape index (κ1) is 17.1. The van der Waals surface area contributed by atoms with Crippen LogP contribution in [0.3, 0.4) is 0 Å². The van der Waals surface area contributed by atoms with Crippen LogP contribution in [0.4, 0.5) is 11.4 Å². The number of anilines is 2. The zero-order valence-electron chi connectivity index (χ0n) is 15.4. The van der Waals surface area contributed by atoms with Gasteiger partial charge in [0, 0.05) is 11.9 Å². The normalized spacial score (nSPS) is 16.3. The Balaban J connectivity index is 1.45. The molecule has 27 heavy (non-hydrogen) atoms. The molecule has 4 heterocycles. The molecule has 4 rings (SSSR count). The molecule has 1 saturated heterocycles. The van der Waals surface area contributed by atoms with Crippen LogP contribution < -0.4 is 10.2 Å². The summed E-state index contributed by atoms with van der Waals surface area (Å²) < 4.78 is 2.31. The lowest BCUT2D eigenvalue weighted by Crippen LogP contribution is -2.42. The van der Waals surface area contributed by atoms with Crippen molar-refractivity contribution in [3.63, 3.8) is 0 Å². The van der Waals surface area contributed by atoms with Crippen molar-refractivity contribution in [1.29, 1.82) is 0 Å². The van der Waals surface area contributed by atoms with Gasteiger partial charge in [0.25, 0.3) is 0 Å². The van der Waals surface area contributed by atoms with Crippen LogP contribution in [0.25, 0.3) is 6.08 Å². The monoisotopic (exact) mass is 360 g/mol. The maximum Gasteiger partial charge on any atom is 0.172 e. The third kappa shape index (κ3) is 3.65. The van der Waals surface area contributed by atoms with Crippen LogP contribution in [-0.4, -0.2) is 53.2 Å². The van der Waals surface area contributed by atoms with Crippen molar-refractivity contribution in [3.05, 3.63) is 65.4 Å². The molecule has 0 saturated carbocycles. The van der Waals surface area contributed by atoms with Crippen molar-refractivity contribution in [2.24, 2.45) is 0 Å². The van der Waals surface area contributed by atoms with Gasteiger partial charge in [0.1, 0.15) is 5.69 Å². The van der Waals surface area contributed by atoms with Gasteiger partial charge in [0.2, 0.25) is 0 Å². The second-order valence-electron chi connectivity index (χ2n) is 6.84.